The van der Waals surface area contributed by atoms with Gasteiger partial charge in [-0.05, 0) is 56.0 Å². The van der Waals surface area contributed by atoms with Gasteiger partial charge in [-0.15, -0.1) is 0 Å². The van der Waals surface area contributed by atoms with Crippen LogP contribution in [0.4, 0.5) is 5.82 Å². The molecule has 0 radical (unpaired) electrons. The van der Waals surface area contributed by atoms with Crippen LogP contribution in [0.15, 0.2) is 42.5 Å². The summed E-state index contributed by atoms with van der Waals surface area (Å²) in [5, 5.41) is 0.423. The van der Waals surface area contributed by atoms with Gasteiger partial charge in [-0.3, -0.25) is 4.57 Å². The zero-order valence-electron chi connectivity index (χ0n) is 17.7. The van der Waals surface area contributed by atoms with Crippen LogP contribution in [0.2, 0.25) is 5.02 Å². The third-order valence-electron chi connectivity index (χ3n) is 5.92. The molecule has 0 aliphatic heterocycles. The summed E-state index contributed by atoms with van der Waals surface area (Å²) in [6.07, 6.45) is 4.93. The Morgan fingerprint density at radius 1 is 1.09 bits per heavy atom. The number of methoxy groups -OCH3 is 1. The van der Waals surface area contributed by atoms with Gasteiger partial charge in [0.1, 0.15) is 28.8 Å². The number of ether oxygens (including phenoxy) is 2. The standard InChI is InChI=1S/C24H23ClN4O3/c1-31-19-12-11-14(13-16(19)25)29-22(26)20(24(30)32-15-7-3-2-4-8-15)21-23(29)28-18-10-6-5-9-17(18)27-21/h5-6,9-13,15H,2-4,7-8,26H2,1H3. The van der Waals surface area contributed by atoms with Gasteiger partial charge in [0.25, 0.3) is 0 Å². The number of aromatic nitrogens is 3. The molecule has 2 aromatic carbocycles. The van der Waals surface area contributed by atoms with E-state index < -0.39 is 5.97 Å². The van der Waals surface area contributed by atoms with Crippen molar-refractivity contribution < 1.29 is 14.3 Å². The highest BCUT2D eigenvalue weighted by Gasteiger charge is 2.28. The van der Waals surface area contributed by atoms with E-state index in [1.54, 1.807) is 23.8 Å². The Kier molecular flexibility index (Phi) is 5.35. The lowest BCUT2D eigenvalue weighted by Gasteiger charge is -2.21. The number of anilines is 1. The Labute approximate surface area is 190 Å². The van der Waals surface area contributed by atoms with E-state index in [2.05, 4.69) is 0 Å². The molecule has 1 saturated carbocycles. The zero-order valence-corrected chi connectivity index (χ0v) is 18.4. The lowest BCUT2D eigenvalue weighted by Crippen LogP contribution is -2.21. The normalized spacial score (nSPS) is 14.7. The zero-order chi connectivity index (χ0) is 22.2. The molecule has 5 rings (SSSR count). The minimum Gasteiger partial charge on any atom is -0.495 e. The molecule has 1 aliphatic rings. The van der Waals surface area contributed by atoms with E-state index in [1.165, 1.54) is 6.42 Å². The van der Waals surface area contributed by atoms with Gasteiger partial charge in [-0.1, -0.05) is 30.2 Å². The molecule has 0 saturated heterocycles. The third kappa shape index (κ3) is 3.52. The fraction of sp³-hybridized carbons (Fsp3) is 0.292. The SMILES string of the molecule is COc1ccc(-n2c(N)c(C(=O)OC3CCCCC3)c3nc4ccccc4nc32)cc1Cl. The topological polar surface area (TPSA) is 92.3 Å². The summed E-state index contributed by atoms with van der Waals surface area (Å²) in [4.78, 5) is 22.8. The fourth-order valence-corrected chi connectivity index (χ4v) is 4.56. The van der Waals surface area contributed by atoms with Crippen molar-refractivity contribution in [3.63, 3.8) is 0 Å². The largest absolute Gasteiger partial charge is 0.495 e. The summed E-state index contributed by atoms with van der Waals surface area (Å²) in [7, 11) is 1.55. The summed E-state index contributed by atoms with van der Waals surface area (Å²) < 4.78 is 12.8. The first-order chi connectivity index (χ1) is 15.6. The molecule has 4 aromatic rings. The van der Waals surface area contributed by atoms with E-state index in [4.69, 9.17) is 36.8 Å². The van der Waals surface area contributed by atoms with Gasteiger partial charge in [-0.2, -0.15) is 0 Å². The molecule has 8 heteroatoms. The first-order valence-electron chi connectivity index (χ1n) is 10.7. The van der Waals surface area contributed by atoms with Gasteiger partial charge in [0.15, 0.2) is 5.65 Å². The molecule has 7 nitrogen and oxygen atoms in total. The molecule has 0 bridgehead atoms. The predicted molar refractivity (Wildman–Crippen MR) is 125 cm³/mol. The molecule has 32 heavy (non-hydrogen) atoms. The molecule has 1 fully saturated rings. The Balaban J connectivity index is 1.70. The number of carbonyl (C=O) groups excluding carboxylic acids is 1. The Morgan fingerprint density at radius 3 is 2.50 bits per heavy atom. The highest BCUT2D eigenvalue weighted by molar-refractivity contribution is 6.32. The summed E-state index contributed by atoms with van der Waals surface area (Å²) in [6, 6.07) is 12.8. The van der Waals surface area contributed by atoms with E-state index in [0.29, 0.717) is 38.7 Å². The molecule has 0 atom stereocenters. The Morgan fingerprint density at radius 2 is 1.81 bits per heavy atom. The monoisotopic (exact) mass is 450 g/mol. The Bertz CT molecular complexity index is 1330. The molecule has 0 spiro atoms. The van der Waals surface area contributed by atoms with E-state index in [9.17, 15) is 4.79 Å². The molecular formula is C24H23ClN4O3. The number of nitrogens with zero attached hydrogens (tertiary/aromatic N) is 3. The molecule has 0 unspecified atom stereocenters. The number of halogens is 1. The van der Waals surface area contributed by atoms with E-state index >= 15 is 0 Å². The maximum atomic E-state index is 13.3. The van der Waals surface area contributed by atoms with Crippen molar-refractivity contribution in [3.05, 3.63) is 53.1 Å². The number of carbonyl (C=O) groups is 1. The second-order valence-corrected chi connectivity index (χ2v) is 8.37. The van der Waals surface area contributed by atoms with Gasteiger partial charge in [0, 0.05) is 0 Å². The smallest absolute Gasteiger partial charge is 0.344 e. The summed E-state index contributed by atoms with van der Waals surface area (Å²) in [5.74, 6) is 0.290. The Hall–Kier alpha value is -3.32. The van der Waals surface area contributed by atoms with Crippen LogP contribution in [0.3, 0.4) is 0 Å². The van der Waals surface area contributed by atoms with E-state index in [0.717, 1.165) is 25.7 Å². The van der Waals surface area contributed by atoms with Gasteiger partial charge < -0.3 is 15.2 Å². The molecule has 2 aromatic heterocycles. The van der Waals surface area contributed by atoms with Crippen LogP contribution in [0.5, 0.6) is 5.75 Å². The number of benzene rings is 2. The number of para-hydroxylation sites is 2. The minimum absolute atomic E-state index is 0.0992. The van der Waals surface area contributed by atoms with Crippen LogP contribution in [0.1, 0.15) is 42.5 Å². The molecule has 0 amide bonds. The third-order valence-corrected chi connectivity index (χ3v) is 6.22. The van der Waals surface area contributed by atoms with Crippen LogP contribution in [-0.4, -0.2) is 33.7 Å². The second-order valence-electron chi connectivity index (χ2n) is 7.96. The van der Waals surface area contributed by atoms with E-state index in [-0.39, 0.29) is 17.5 Å². The first kappa shape index (κ1) is 20.6. The van der Waals surface area contributed by atoms with Gasteiger partial charge in [0.2, 0.25) is 0 Å². The van der Waals surface area contributed by atoms with Gasteiger partial charge in [-0.25, -0.2) is 14.8 Å². The van der Waals surface area contributed by atoms with Crippen LogP contribution < -0.4 is 10.5 Å². The molecule has 2 N–H and O–H groups in total. The summed E-state index contributed by atoms with van der Waals surface area (Å²) >= 11 is 6.37. The number of hydrogen-bond donors (Lipinski definition) is 1. The molecular weight excluding hydrogens is 428 g/mol. The molecule has 164 valence electrons. The first-order valence-corrected chi connectivity index (χ1v) is 11.1. The average molecular weight is 451 g/mol. The van der Waals surface area contributed by atoms with Crippen LogP contribution >= 0.6 is 11.6 Å². The van der Waals surface area contributed by atoms with Gasteiger partial charge in [0.05, 0.1) is 28.9 Å². The van der Waals surface area contributed by atoms with Gasteiger partial charge >= 0.3 is 5.97 Å². The van der Waals surface area contributed by atoms with Crippen LogP contribution in [-0.2, 0) is 4.74 Å². The molecule has 1 aliphatic carbocycles. The lowest BCUT2D eigenvalue weighted by molar-refractivity contribution is 0.0214. The number of nitrogens with two attached hydrogens (primary N) is 1. The quantitative estimate of drug-likeness (QED) is 0.424. The van der Waals surface area contributed by atoms with Crippen molar-refractivity contribution >= 4 is 45.6 Å². The fourth-order valence-electron chi connectivity index (χ4n) is 4.31. The number of esters is 1. The van der Waals surface area contributed by atoms with Crippen molar-refractivity contribution in [1.29, 1.82) is 0 Å². The highest BCUT2D eigenvalue weighted by Crippen LogP contribution is 2.35. The number of rotatable bonds is 4. The number of hydrogen-bond acceptors (Lipinski definition) is 6. The van der Waals surface area contributed by atoms with E-state index in [1.807, 2.05) is 30.3 Å². The van der Waals surface area contributed by atoms with Crippen molar-refractivity contribution in [2.24, 2.45) is 0 Å². The highest BCUT2D eigenvalue weighted by atomic mass is 35.5. The summed E-state index contributed by atoms with van der Waals surface area (Å²) in [6.45, 7) is 0. The number of nitrogen functional groups attached to an aromatic ring is 1. The van der Waals surface area contributed by atoms with Crippen molar-refractivity contribution in [2.45, 2.75) is 38.2 Å². The number of fused-ring (bicyclic) bond motifs is 2. The van der Waals surface area contributed by atoms with Crippen molar-refractivity contribution in [2.75, 3.05) is 12.8 Å². The second kappa shape index (κ2) is 8.31. The van der Waals surface area contributed by atoms with Crippen LogP contribution in [0.25, 0.3) is 27.9 Å². The average Bonchev–Trinajstić information content (AvgIpc) is 3.08. The molecule has 2 heterocycles. The predicted octanol–water partition coefficient (Wildman–Crippen LogP) is 5.31. The van der Waals surface area contributed by atoms with Crippen molar-refractivity contribution in [3.8, 4) is 11.4 Å². The van der Waals surface area contributed by atoms with Crippen LogP contribution in [0, 0.1) is 0 Å². The maximum absolute atomic E-state index is 13.3. The van der Waals surface area contributed by atoms with Crippen molar-refractivity contribution in [1.82, 2.24) is 14.5 Å². The summed E-state index contributed by atoms with van der Waals surface area (Å²) in [5.41, 5.74) is 9.69. The minimum atomic E-state index is -0.470. The maximum Gasteiger partial charge on any atom is 0.344 e. The lowest BCUT2D eigenvalue weighted by atomic mass is 9.98.